The van der Waals surface area contributed by atoms with E-state index in [2.05, 4.69) is 35.3 Å². The number of fused-ring (bicyclic) bond motifs is 6. The van der Waals surface area contributed by atoms with Crippen LogP contribution in [0.15, 0.2) is 46.0 Å². The summed E-state index contributed by atoms with van der Waals surface area (Å²) in [5, 5.41) is 16.2. The van der Waals surface area contributed by atoms with Crippen molar-refractivity contribution < 1.29 is 29.0 Å². The van der Waals surface area contributed by atoms with E-state index in [0.29, 0.717) is 41.6 Å². The Bertz CT molecular complexity index is 2250. The van der Waals surface area contributed by atoms with Crippen LogP contribution in [0.2, 0.25) is 0 Å². The Morgan fingerprint density at radius 2 is 1.21 bits per heavy atom. The van der Waals surface area contributed by atoms with Gasteiger partial charge in [0.15, 0.2) is 10.3 Å². The van der Waals surface area contributed by atoms with Crippen molar-refractivity contribution in [2.75, 3.05) is 17.7 Å². The van der Waals surface area contributed by atoms with E-state index in [1.165, 1.54) is 55.8 Å². The summed E-state index contributed by atoms with van der Waals surface area (Å²) in [6.45, 7) is 2.73. The molecule has 0 bridgehead atoms. The highest BCUT2D eigenvalue weighted by atomic mass is 32.1. The van der Waals surface area contributed by atoms with Crippen molar-refractivity contribution in [2.45, 2.75) is 13.8 Å². The molecule has 0 fully saturated rings. The fraction of sp³-hybridized carbons (Fsp3) is 0.111. The number of H-pyrrole nitrogens is 2. The van der Waals surface area contributed by atoms with Gasteiger partial charge in [0.25, 0.3) is 11.1 Å². The number of methoxy groups -OCH3 is 1. The summed E-state index contributed by atoms with van der Waals surface area (Å²) in [5.41, 5.74) is 1.04. The molecule has 0 aliphatic rings. The van der Waals surface area contributed by atoms with E-state index >= 15 is 0 Å². The summed E-state index contributed by atoms with van der Waals surface area (Å²) in [4.78, 5) is 82.3. The minimum absolute atomic E-state index is 0.0871. The van der Waals surface area contributed by atoms with E-state index in [1.54, 1.807) is 24.3 Å². The number of nitrogens with zero attached hydrogens (tertiary/aromatic N) is 2. The number of ether oxygens (including phenoxy) is 1. The van der Waals surface area contributed by atoms with E-state index in [0.717, 1.165) is 5.39 Å². The van der Waals surface area contributed by atoms with E-state index in [1.807, 2.05) is 0 Å². The van der Waals surface area contributed by atoms with Crippen LogP contribution in [0.1, 0.15) is 34.6 Å². The third-order valence-corrected chi connectivity index (χ3v) is 7.95. The van der Waals surface area contributed by atoms with Crippen LogP contribution in [0.4, 0.5) is 10.3 Å². The first kappa shape index (κ1) is 29.0. The Balaban J connectivity index is 0.000000171. The number of carboxylic acids is 1. The first-order chi connectivity index (χ1) is 20.4. The van der Waals surface area contributed by atoms with E-state index in [9.17, 15) is 28.8 Å². The minimum Gasteiger partial charge on any atom is -0.478 e. The molecule has 0 radical (unpaired) electrons. The van der Waals surface area contributed by atoms with Gasteiger partial charge in [0, 0.05) is 24.6 Å². The van der Waals surface area contributed by atoms with Gasteiger partial charge in [0.05, 0.1) is 38.7 Å². The first-order valence-electron chi connectivity index (χ1n) is 12.2. The second-order valence-electron chi connectivity index (χ2n) is 8.98. The lowest BCUT2D eigenvalue weighted by Crippen LogP contribution is -2.08. The van der Waals surface area contributed by atoms with Gasteiger partial charge in [-0.25, -0.2) is 19.6 Å². The summed E-state index contributed by atoms with van der Waals surface area (Å²) in [5.74, 6) is -2.08. The molecular weight excluding hydrogens is 600 g/mol. The molecule has 4 aromatic heterocycles. The number of aromatic carboxylic acids is 1. The van der Waals surface area contributed by atoms with Crippen molar-refractivity contribution in [1.82, 2.24) is 19.9 Å². The molecule has 16 heteroatoms. The second kappa shape index (κ2) is 11.4. The number of anilines is 2. The number of hydrogen-bond acceptors (Lipinski definition) is 11. The molecule has 4 heterocycles. The molecule has 5 N–H and O–H groups in total. The molecule has 0 aliphatic heterocycles. The van der Waals surface area contributed by atoms with E-state index in [4.69, 9.17) is 5.11 Å². The van der Waals surface area contributed by atoms with Gasteiger partial charge >= 0.3 is 11.9 Å². The van der Waals surface area contributed by atoms with Gasteiger partial charge < -0.3 is 30.4 Å². The van der Waals surface area contributed by atoms with Crippen LogP contribution in [-0.2, 0) is 14.3 Å². The van der Waals surface area contributed by atoms with Crippen LogP contribution in [0, 0.1) is 0 Å². The van der Waals surface area contributed by atoms with Crippen LogP contribution in [-0.4, -0.2) is 55.9 Å². The lowest BCUT2D eigenvalue weighted by Gasteiger charge is -2.02. The smallest absolute Gasteiger partial charge is 0.337 e. The van der Waals surface area contributed by atoms with Crippen LogP contribution in [0.5, 0.6) is 0 Å². The van der Waals surface area contributed by atoms with Crippen molar-refractivity contribution >= 4 is 98.9 Å². The summed E-state index contributed by atoms with van der Waals surface area (Å²) < 4.78 is 5.92. The summed E-state index contributed by atoms with van der Waals surface area (Å²) >= 11 is 2.38. The molecule has 2 amide bonds. The maximum Gasteiger partial charge on any atom is 0.337 e. The molecule has 0 aliphatic carbocycles. The first-order valence-corrected chi connectivity index (χ1v) is 13.9. The van der Waals surface area contributed by atoms with Gasteiger partial charge in [0.2, 0.25) is 11.8 Å². The van der Waals surface area contributed by atoms with Crippen molar-refractivity contribution in [1.29, 1.82) is 0 Å². The summed E-state index contributed by atoms with van der Waals surface area (Å²) in [6, 6.07) is 9.36. The Morgan fingerprint density at radius 1 is 0.767 bits per heavy atom. The number of carboxylic acid groups (broad SMARTS) is 1. The molecule has 218 valence electrons. The number of thiazole rings is 2. The van der Waals surface area contributed by atoms with Gasteiger partial charge in [-0.3, -0.25) is 19.2 Å². The Morgan fingerprint density at radius 3 is 1.63 bits per heavy atom. The number of carbonyl (C=O) groups excluding carboxylic acids is 3. The number of pyridine rings is 2. The predicted molar refractivity (Wildman–Crippen MR) is 162 cm³/mol. The Kier molecular flexibility index (Phi) is 7.71. The Hall–Kier alpha value is -5.48. The van der Waals surface area contributed by atoms with Crippen LogP contribution in [0.25, 0.3) is 42.2 Å². The zero-order chi connectivity index (χ0) is 31.0. The highest BCUT2D eigenvalue weighted by molar-refractivity contribution is 7.23. The summed E-state index contributed by atoms with van der Waals surface area (Å²) in [7, 11) is 1.29. The lowest BCUT2D eigenvalue weighted by atomic mass is 10.1. The van der Waals surface area contributed by atoms with Crippen LogP contribution >= 0.6 is 22.7 Å². The SMILES string of the molecule is CC(=O)Nc1nc2c(=O)[nH]c3cc(C(=O)O)ccc3c2s1.COC(=O)c1ccc2c(c1)[nH]c(=O)c1nc(NC(C)=O)sc12. The number of benzene rings is 2. The molecular formula is C27H20N6O8S2. The zero-order valence-electron chi connectivity index (χ0n) is 22.5. The third kappa shape index (κ3) is 5.81. The average molecular weight is 621 g/mol. The van der Waals surface area contributed by atoms with Gasteiger partial charge in [0.1, 0.15) is 11.0 Å². The van der Waals surface area contributed by atoms with Gasteiger partial charge in [-0.15, -0.1) is 0 Å². The van der Waals surface area contributed by atoms with Crippen LogP contribution < -0.4 is 21.8 Å². The van der Waals surface area contributed by atoms with Crippen molar-refractivity contribution in [3.63, 3.8) is 0 Å². The van der Waals surface area contributed by atoms with Crippen molar-refractivity contribution in [2.24, 2.45) is 0 Å². The number of esters is 1. The second-order valence-corrected chi connectivity index (χ2v) is 11.0. The number of nitrogens with one attached hydrogen (secondary N) is 4. The van der Waals surface area contributed by atoms with E-state index in [-0.39, 0.29) is 34.0 Å². The normalized spacial score (nSPS) is 10.9. The molecule has 6 rings (SSSR count). The average Bonchev–Trinajstić information content (AvgIpc) is 3.57. The standard InChI is InChI=1S/C14H11N3O4S.C13H9N3O4S/c1-6(18)15-14-17-10-11(22-14)8-4-3-7(13(20)21-2)5-9(8)16-12(10)19;1-5(17)14-13-16-9-10(21-13)7-3-2-6(12(19)20)4-8(7)15-11(9)18/h3-5H,1-2H3,(H,16,19)(H,15,17,18);2-4H,1H3,(H,15,18)(H,19,20)(H,14,16,17). The maximum atomic E-state index is 12.1. The molecule has 0 unspecified atom stereocenters. The zero-order valence-corrected chi connectivity index (χ0v) is 24.1. The monoisotopic (exact) mass is 620 g/mol. The summed E-state index contributed by atoms with van der Waals surface area (Å²) in [6.07, 6.45) is 0. The number of amides is 2. The highest BCUT2D eigenvalue weighted by Gasteiger charge is 2.15. The molecule has 0 saturated heterocycles. The number of aromatic amines is 2. The van der Waals surface area contributed by atoms with Crippen molar-refractivity contribution in [3.05, 3.63) is 68.2 Å². The number of rotatable bonds is 4. The fourth-order valence-electron chi connectivity index (χ4n) is 4.15. The largest absolute Gasteiger partial charge is 0.478 e. The predicted octanol–water partition coefficient (Wildman–Crippen LogP) is 3.68. The molecule has 2 aromatic carbocycles. The van der Waals surface area contributed by atoms with Gasteiger partial charge in [-0.1, -0.05) is 34.8 Å². The molecule has 43 heavy (non-hydrogen) atoms. The fourth-order valence-corrected chi connectivity index (χ4v) is 6.25. The topological polar surface area (TPSA) is 213 Å². The third-order valence-electron chi connectivity index (χ3n) is 5.94. The molecule has 0 saturated carbocycles. The quantitative estimate of drug-likeness (QED) is 0.180. The number of carbonyl (C=O) groups is 4. The van der Waals surface area contributed by atoms with Crippen LogP contribution in [0.3, 0.4) is 0 Å². The number of aromatic nitrogens is 4. The molecule has 6 aromatic rings. The highest BCUT2D eigenvalue weighted by Crippen LogP contribution is 2.31. The minimum atomic E-state index is -1.07. The maximum absolute atomic E-state index is 12.1. The Labute approximate surface area is 247 Å². The van der Waals surface area contributed by atoms with E-state index < -0.39 is 17.5 Å². The molecule has 0 atom stereocenters. The molecule has 14 nitrogen and oxygen atoms in total. The van der Waals surface area contributed by atoms with Gasteiger partial charge in [-0.2, -0.15) is 0 Å². The molecule has 0 spiro atoms. The van der Waals surface area contributed by atoms with Crippen molar-refractivity contribution in [3.8, 4) is 0 Å². The lowest BCUT2D eigenvalue weighted by molar-refractivity contribution is -0.115. The van der Waals surface area contributed by atoms with Gasteiger partial charge in [-0.05, 0) is 24.3 Å². The number of hydrogen-bond donors (Lipinski definition) is 5.